The number of methoxy groups -OCH3 is 1. The quantitative estimate of drug-likeness (QED) is 0.945. The highest BCUT2D eigenvalue weighted by atomic mass is 19.4. The van der Waals surface area contributed by atoms with Gasteiger partial charge < -0.3 is 9.84 Å². The number of carbonyl (C=O) groups is 1. The Hall–Kier alpha value is -2.51. The first-order chi connectivity index (χ1) is 10.2. The van der Waals surface area contributed by atoms with Gasteiger partial charge >= 0.3 is 12.1 Å². The number of ether oxygens (including phenoxy) is 1. The number of aromatic carboxylic acids is 1. The van der Waals surface area contributed by atoms with Gasteiger partial charge in [-0.15, -0.1) is 0 Å². The molecule has 0 fully saturated rings. The van der Waals surface area contributed by atoms with E-state index < -0.39 is 17.7 Å². The first-order valence-corrected chi connectivity index (χ1v) is 6.22. The number of aryl methyl sites for hydroxylation is 1. The van der Waals surface area contributed by atoms with E-state index in [9.17, 15) is 18.0 Å². The molecular formula is C14H13F3N2O3. The Morgan fingerprint density at radius 2 is 1.95 bits per heavy atom. The van der Waals surface area contributed by atoms with Crippen LogP contribution in [0.5, 0.6) is 5.75 Å². The minimum absolute atomic E-state index is 0.0328. The molecule has 0 spiro atoms. The van der Waals surface area contributed by atoms with Crippen LogP contribution in [0, 0.1) is 13.8 Å². The average Bonchev–Trinajstić information content (AvgIpc) is 2.72. The van der Waals surface area contributed by atoms with E-state index >= 15 is 0 Å². The van der Waals surface area contributed by atoms with Crippen LogP contribution >= 0.6 is 0 Å². The Morgan fingerprint density at radius 3 is 2.41 bits per heavy atom. The molecule has 2 rings (SSSR count). The molecule has 0 atom stereocenters. The van der Waals surface area contributed by atoms with E-state index in [0.717, 1.165) is 16.8 Å². The van der Waals surface area contributed by atoms with Crippen molar-refractivity contribution in [2.75, 3.05) is 7.11 Å². The number of nitrogens with zero attached hydrogens (tertiary/aromatic N) is 2. The Kier molecular flexibility index (Phi) is 3.87. The second-order valence-electron chi connectivity index (χ2n) is 4.65. The third-order valence-electron chi connectivity index (χ3n) is 3.24. The fourth-order valence-electron chi connectivity index (χ4n) is 2.22. The third-order valence-corrected chi connectivity index (χ3v) is 3.24. The van der Waals surface area contributed by atoms with E-state index in [4.69, 9.17) is 9.84 Å². The van der Waals surface area contributed by atoms with Crippen LogP contribution in [0.1, 0.15) is 27.3 Å². The lowest BCUT2D eigenvalue weighted by Gasteiger charge is -2.14. The van der Waals surface area contributed by atoms with Gasteiger partial charge in [-0.1, -0.05) is 0 Å². The van der Waals surface area contributed by atoms with Gasteiger partial charge in [-0.05, 0) is 32.0 Å². The molecule has 0 saturated carbocycles. The van der Waals surface area contributed by atoms with Crippen LogP contribution in [0.25, 0.3) is 5.69 Å². The first kappa shape index (κ1) is 15.9. The smallest absolute Gasteiger partial charge is 0.416 e. The highest BCUT2D eigenvalue weighted by Crippen LogP contribution is 2.34. The number of halogens is 3. The van der Waals surface area contributed by atoms with Crippen LogP contribution < -0.4 is 4.74 Å². The molecule has 0 aliphatic rings. The number of hydrogen-bond acceptors (Lipinski definition) is 3. The molecule has 0 aliphatic carbocycles. The van der Waals surface area contributed by atoms with Crippen molar-refractivity contribution in [1.82, 2.24) is 9.78 Å². The van der Waals surface area contributed by atoms with Gasteiger partial charge in [0, 0.05) is 0 Å². The van der Waals surface area contributed by atoms with E-state index in [1.165, 1.54) is 27.0 Å². The van der Waals surface area contributed by atoms with Crippen LogP contribution in [-0.4, -0.2) is 28.0 Å². The zero-order valence-electron chi connectivity index (χ0n) is 12.0. The maximum atomic E-state index is 12.9. The maximum absolute atomic E-state index is 12.9. The van der Waals surface area contributed by atoms with E-state index in [2.05, 4.69) is 5.10 Å². The van der Waals surface area contributed by atoms with Crippen molar-refractivity contribution in [1.29, 1.82) is 0 Å². The van der Waals surface area contributed by atoms with Crippen molar-refractivity contribution >= 4 is 5.97 Å². The summed E-state index contributed by atoms with van der Waals surface area (Å²) >= 11 is 0. The van der Waals surface area contributed by atoms with Gasteiger partial charge in [0.2, 0.25) is 0 Å². The lowest BCUT2D eigenvalue weighted by Crippen LogP contribution is -2.09. The van der Waals surface area contributed by atoms with E-state index in [1.54, 1.807) is 0 Å². The largest absolute Gasteiger partial charge is 0.494 e. The Labute approximate surface area is 123 Å². The van der Waals surface area contributed by atoms with Gasteiger partial charge in [0.15, 0.2) is 0 Å². The lowest BCUT2D eigenvalue weighted by molar-refractivity contribution is -0.137. The van der Waals surface area contributed by atoms with Crippen LogP contribution in [0.15, 0.2) is 18.2 Å². The molecule has 0 saturated heterocycles. The van der Waals surface area contributed by atoms with E-state index in [0.29, 0.717) is 0 Å². The molecule has 0 amide bonds. The Bertz CT molecular complexity index is 736. The molecular weight excluding hydrogens is 301 g/mol. The topological polar surface area (TPSA) is 64.4 Å². The molecule has 5 nitrogen and oxygen atoms in total. The highest BCUT2D eigenvalue weighted by Gasteiger charge is 2.32. The van der Waals surface area contributed by atoms with Crippen LogP contribution in [0.4, 0.5) is 13.2 Å². The third kappa shape index (κ3) is 2.63. The lowest BCUT2D eigenvalue weighted by atomic mass is 10.1. The van der Waals surface area contributed by atoms with E-state index in [1.807, 2.05) is 0 Å². The van der Waals surface area contributed by atoms with Gasteiger partial charge in [0.1, 0.15) is 17.0 Å². The molecule has 0 bridgehead atoms. The van der Waals surface area contributed by atoms with Crippen molar-refractivity contribution in [2.45, 2.75) is 20.0 Å². The SMILES string of the molecule is COc1ccc(C(F)(F)F)cc1-n1nc(C)c(C(=O)O)c1C. The summed E-state index contributed by atoms with van der Waals surface area (Å²) in [6.07, 6.45) is -4.52. The van der Waals surface area contributed by atoms with Crippen molar-refractivity contribution in [3.8, 4) is 11.4 Å². The minimum atomic E-state index is -4.52. The molecule has 1 heterocycles. The zero-order chi connectivity index (χ0) is 16.7. The molecule has 8 heteroatoms. The number of carboxylic acid groups (broad SMARTS) is 1. The summed E-state index contributed by atoms with van der Waals surface area (Å²) in [7, 11) is 1.32. The molecule has 118 valence electrons. The summed E-state index contributed by atoms with van der Waals surface area (Å²) in [5.41, 5.74) is -0.440. The molecule has 0 aliphatic heterocycles. The fourth-order valence-corrected chi connectivity index (χ4v) is 2.22. The molecule has 0 unspecified atom stereocenters. The molecule has 1 aromatic carbocycles. The summed E-state index contributed by atoms with van der Waals surface area (Å²) in [5.74, 6) is -1.03. The maximum Gasteiger partial charge on any atom is 0.416 e. The van der Waals surface area contributed by atoms with Gasteiger partial charge in [-0.25, -0.2) is 9.48 Å². The van der Waals surface area contributed by atoms with Crippen molar-refractivity contribution in [3.63, 3.8) is 0 Å². The van der Waals surface area contributed by atoms with Gasteiger partial charge in [-0.3, -0.25) is 0 Å². The summed E-state index contributed by atoms with van der Waals surface area (Å²) in [4.78, 5) is 11.2. The van der Waals surface area contributed by atoms with Crippen molar-refractivity contribution in [2.24, 2.45) is 0 Å². The number of aromatic nitrogens is 2. The molecule has 2 aromatic rings. The second kappa shape index (κ2) is 5.36. The van der Waals surface area contributed by atoms with Gasteiger partial charge in [0.25, 0.3) is 0 Å². The monoisotopic (exact) mass is 314 g/mol. The number of alkyl halides is 3. The van der Waals surface area contributed by atoms with Crippen LogP contribution in [-0.2, 0) is 6.18 Å². The average molecular weight is 314 g/mol. The Morgan fingerprint density at radius 1 is 1.32 bits per heavy atom. The fraction of sp³-hybridized carbons (Fsp3) is 0.286. The highest BCUT2D eigenvalue weighted by molar-refractivity contribution is 5.90. The standard InChI is InChI=1S/C14H13F3N2O3/c1-7-12(13(20)21)8(2)19(18-7)10-6-9(14(15,16)17)4-5-11(10)22-3/h4-6H,1-3H3,(H,20,21). The van der Waals surface area contributed by atoms with Crippen LogP contribution in [0.3, 0.4) is 0 Å². The molecule has 1 aromatic heterocycles. The molecule has 0 radical (unpaired) electrons. The summed E-state index contributed by atoms with van der Waals surface area (Å²) in [6.45, 7) is 2.95. The van der Waals surface area contributed by atoms with E-state index in [-0.39, 0.29) is 28.4 Å². The first-order valence-electron chi connectivity index (χ1n) is 6.22. The van der Waals surface area contributed by atoms with Crippen molar-refractivity contribution < 1.29 is 27.8 Å². The van der Waals surface area contributed by atoms with Crippen molar-refractivity contribution in [3.05, 3.63) is 40.7 Å². The zero-order valence-corrected chi connectivity index (χ0v) is 12.0. The normalized spacial score (nSPS) is 11.5. The predicted molar refractivity (Wildman–Crippen MR) is 71.6 cm³/mol. The van der Waals surface area contributed by atoms with Gasteiger partial charge in [0.05, 0.1) is 24.1 Å². The predicted octanol–water partition coefficient (Wildman–Crippen LogP) is 3.21. The number of benzene rings is 1. The summed E-state index contributed by atoms with van der Waals surface area (Å²) in [6, 6.07) is 2.95. The number of rotatable bonds is 3. The second-order valence-corrected chi connectivity index (χ2v) is 4.65. The molecule has 22 heavy (non-hydrogen) atoms. The summed E-state index contributed by atoms with van der Waals surface area (Å²) < 4.78 is 44.8. The number of carboxylic acids is 1. The van der Waals surface area contributed by atoms with Gasteiger partial charge in [-0.2, -0.15) is 18.3 Å². The number of hydrogen-bond donors (Lipinski definition) is 1. The minimum Gasteiger partial charge on any atom is -0.494 e. The van der Waals surface area contributed by atoms with Crippen LogP contribution in [0.2, 0.25) is 0 Å². The molecule has 1 N–H and O–H groups in total. The summed E-state index contributed by atoms with van der Waals surface area (Å²) in [5, 5.41) is 13.2. The Balaban J connectivity index is 2.71.